The maximum Gasteiger partial charge on any atom is 0.227 e. The van der Waals surface area contributed by atoms with Gasteiger partial charge in [0.1, 0.15) is 0 Å². The van der Waals surface area contributed by atoms with E-state index in [9.17, 15) is 4.79 Å². The van der Waals surface area contributed by atoms with Crippen LogP contribution in [0.5, 0.6) is 0 Å². The molecule has 1 aromatic heterocycles. The molecule has 3 aromatic rings. The number of rotatable bonds is 2. The predicted octanol–water partition coefficient (Wildman–Crippen LogP) is 3.02. The van der Waals surface area contributed by atoms with Gasteiger partial charge < -0.3 is 0 Å². The van der Waals surface area contributed by atoms with Crippen LogP contribution < -0.4 is 0 Å². The second-order valence-electron chi connectivity index (χ2n) is 3.54. The highest BCUT2D eigenvalue weighted by Crippen LogP contribution is 2.27. The highest BCUT2D eigenvalue weighted by Gasteiger charge is 2.13. The topological polar surface area (TPSA) is 55.7 Å². The van der Waals surface area contributed by atoms with Crippen LogP contribution in [0.15, 0.2) is 46.8 Å². The Bertz CT molecular complexity index is 692. The number of nitrogens with zero attached hydrogens (tertiary/aromatic N) is 3. The Labute approximate surface area is 111 Å². The molecule has 0 saturated carbocycles. The van der Waals surface area contributed by atoms with Crippen LogP contribution >= 0.6 is 23.3 Å². The van der Waals surface area contributed by atoms with Crippen molar-refractivity contribution in [2.24, 2.45) is 0 Å². The van der Waals surface area contributed by atoms with E-state index in [1.165, 1.54) is 0 Å². The first-order valence-corrected chi connectivity index (χ1v) is 6.78. The first-order chi connectivity index (χ1) is 8.84. The Morgan fingerprint density at radius 1 is 1.11 bits per heavy atom. The van der Waals surface area contributed by atoms with Crippen molar-refractivity contribution in [1.82, 2.24) is 14.8 Å². The minimum Gasteiger partial charge on any atom is -0.281 e. The Balaban J connectivity index is 2.01. The third-order valence-electron chi connectivity index (χ3n) is 2.47. The number of carbonyl (C=O) groups excluding carboxylic acids is 1. The summed E-state index contributed by atoms with van der Waals surface area (Å²) in [7, 11) is 0. The zero-order valence-corrected chi connectivity index (χ0v) is 10.7. The number of hydrogen-bond donors (Lipinski definition) is 0. The molecule has 0 aliphatic heterocycles. The van der Waals surface area contributed by atoms with E-state index in [-0.39, 0.29) is 5.12 Å². The van der Waals surface area contributed by atoms with Crippen molar-refractivity contribution in [3.8, 4) is 0 Å². The number of aromatic nitrogens is 3. The molecule has 88 valence electrons. The van der Waals surface area contributed by atoms with E-state index < -0.39 is 0 Å². The molecule has 6 heteroatoms. The van der Waals surface area contributed by atoms with Gasteiger partial charge in [-0.05, 0) is 33.8 Å². The Hall–Kier alpha value is -1.79. The van der Waals surface area contributed by atoms with E-state index in [0.717, 1.165) is 34.1 Å². The van der Waals surface area contributed by atoms with Gasteiger partial charge >= 0.3 is 0 Å². The van der Waals surface area contributed by atoms with Crippen LogP contribution in [-0.4, -0.2) is 19.9 Å². The molecule has 3 rings (SSSR count). The molecule has 1 heterocycles. The monoisotopic (exact) mass is 273 g/mol. The lowest BCUT2D eigenvalue weighted by atomic mass is 10.1. The van der Waals surface area contributed by atoms with Crippen molar-refractivity contribution in [2.45, 2.75) is 4.34 Å². The first kappa shape index (κ1) is 11.3. The molecule has 0 amide bonds. The minimum absolute atomic E-state index is 0.0367. The zero-order valence-electron chi connectivity index (χ0n) is 9.11. The van der Waals surface area contributed by atoms with Crippen LogP contribution in [0, 0.1) is 0 Å². The molecule has 18 heavy (non-hydrogen) atoms. The lowest BCUT2D eigenvalue weighted by Gasteiger charge is -2.03. The van der Waals surface area contributed by atoms with Crippen molar-refractivity contribution < 1.29 is 4.79 Å². The molecule has 0 atom stereocenters. The van der Waals surface area contributed by atoms with Crippen molar-refractivity contribution >= 4 is 39.2 Å². The fourth-order valence-electron chi connectivity index (χ4n) is 1.70. The summed E-state index contributed by atoms with van der Waals surface area (Å²) in [6.45, 7) is 0. The summed E-state index contributed by atoms with van der Waals surface area (Å²) in [6, 6.07) is 13.5. The molecule has 0 aliphatic carbocycles. The van der Waals surface area contributed by atoms with Gasteiger partial charge in [0.25, 0.3) is 0 Å². The van der Waals surface area contributed by atoms with E-state index in [2.05, 4.69) is 14.8 Å². The summed E-state index contributed by atoms with van der Waals surface area (Å²) in [5.74, 6) is 0. The summed E-state index contributed by atoms with van der Waals surface area (Å²) in [6.07, 6.45) is 0. The lowest BCUT2D eigenvalue weighted by molar-refractivity contribution is 0.109. The van der Waals surface area contributed by atoms with E-state index in [0.29, 0.717) is 9.90 Å². The van der Waals surface area contributed by atoms with E-state index >= 15 is 0 Å². The molecule has 0 radical (unpaired) electrons. The van der Waals surface area contributed by atoms with Gasteiger partial charge in [0.15, 0.2) is 0 Å². The molecule has 0 aliphatic rings. The van der Waals surface area contributed by atoms with Gasteiger partial charge in [-0.15, -0.1) is 5.10 Å². The van der Waals surface area contributed by atoms with Gasteiger partial charge in [-0.1, -0.05) is 40.9 Å². The molecule has 4 nitrogen and oxygen atoms in total. The Kier molecular flexibility index (Phi) is 3.04. The van der Waals surface area contributed by atoms with Gasteiger partial charge in [0, 0.05) is 17.1 Å². The number of fused-ring (bicyclic) bond motifs is 1. The van der Waals surface area contributed by atoms with Crippen LogP contribution in [0.2, 0.25) is 0 Å². The summed E-state index contributed by atoms with van der Waals surface area (Å²) < 4.78 is 4.20. The van der Waals surface area contributed by atoms with Crippen molar-refractivity contribution in [3.63, 3.8) is 0 Å². The second kappa shape index (κ2) is 4.83. The minimum atomic E-state index is -0.0367. The summed E-state index contributed by atoms with van der Waals surface area (Å²) in [5, 5.41) is 9.21. The lowest BCUT2D eigenvalue weighted by Crippen LogP contribution is -1.94. The third-order valence-corrected chi connectivity index (χ3v) is 4.00. The molecule has 0 unspecified atom stereocenters. The standard InChI is InChI=1S/C12H7N3OS2/c16-11(17-12-13-14-15-18-12)10-7-3-5-8-4-1-2-6-9(8)10/h1-7H. The highest BCUT2D eigenvalue weighted by atomic mass is 32.2. The van der Waals surface area contributed by atoms with E-state index in [1.54, 1.807) is 0 Å². The Morgan fingerprint density at radius 2 is 1.94 bits per heavy atom. The van der Waals surface area contributed by atoms with Gasteiger partial charge in [0.2, 0.25) is 9.45 Å². The summed E-state index contributed by atoms with van der Waals surface area (Å²) in [4.78, 5) is 12.2. The van der Waals surface area contributed by atoms with Crippen molar-refractivity contribution in [1.29, 1.82) is 0 Å². The molecule has 2 aromatic carbocycles. The first-order valence-electron chi connectivity index (χ1n) is 5.19. The molecule has 0 spiro atoms. The van der Waals surface area contributed by atoms with Gasteiger partial charge in [-0.25, -0.2) is 0 Å². The molecular formula is C12H7N3OS2. The van der Waals surface area contributed by atoms with Crippen LogP contribution in [0.25, 0.3) is 10.8 Å². The highest BCUT2D eigenvalue weighted by molar-refractivity contribution is 8.15. The van der Waals surface area contributed by atoms with E-state index in [4.69, 9.17) is 0 Å². The second-order valence-corrected chi connectivity index (χ2v) is 5.50. The van der Waals surface area contributed by atoms with E-state index in [1.807, 2.05) is 42.5 Å². The number of hydrogen-bond acceptors (Lipinski definition) is 6. The number of carbonyl (C=O) groups is 1. The van der Waals surface area contributed by atoms with Crippen molar-refractivity contribution in [2.75, 3.05) is 0 Å². The molecular weight excluding hydrogens is 266 g/mol. The SMILES string of the molecule is O=C(Sc1nnns1)c1cccc2ccccc12. The smallest absolute Gasteiger partial charge is 0.227 e. The van der Waals surface area contributed by atoms with Crippen LogP contribution in [-0.2, 0) is 0 Å². The number of benzene rings is 2. The molecule has 0 N–H and O–H groups in total. The Morgan fingerprint density at radius 3 is 2.78 bits per heavy atom. The van der Waals surface area contributed by atoms with Gasteiger partial charge in [-0.2, -0.15) is 0 Å². The maximum atomic E-state index is 12.2. The number of thioether (sulfide) groups is 1. The fraction of sp³-hybridized carbons (Fsp3) is 0. The molecule has 0 bridgehead atoms. The van der Waals surface area contributed by atoms with Crippen molar-refractivity contribution in [3.05, 3.63) is 48.0 Å². The largest absolute Gasteiger partial charge is 0.281 e. The van der Waals surface area contributed by atoms with Crippen LogP contribution in [0.3, 0.4) is 0 Å². The quantitative estimate of drug-likeness (QED) is 0.672. The third kappa shape index (κ3) is 2.12. The van der Waals surface area contributed by atoms with Crippen LogP contribution in [0.4, 0.5) is 0 Å². The average molecular weight is 273 g/mol. The molecule has 0 fully saturated rings. The molecule has 0 saturated heterocycles. The summed E-state index contributed by atoms with van der Waals surface area (Å²) in [5.41, 5.74) is 0.688. The maximum absolute atomic E-state index is 12.2. The average Bonchev–Trinajstić information content (AvgIpc) is 2.91. The van der Waals surface area contributed by atoms with Gasteiger partial charge in [-0.3, -0.25) is 4.79 Å². The normalized spacial score (nSPS) is 10.7. The summed E-state index contributed by atoms with van der Waals surface area (Å²) >= 11 is 2.18. The predicted molar refractivity (Wildman–Crippen MR) is 71.8 cm³/mol. The van der Waals surface area contributed by atoms with Crippen LogP contribution in [0.1, 0.15) is 10.4 Å². The fourth-order valence-corrected chi connectivity index (χ4v) is 2.92. The zero-order chi connectivity index (χ0) is 12.4. The van der Waals surface area contributed by atoms with Gasteiger partial charge in [0.05, 0.1) is 0 Å².